The van der Waals surface area contributed by atoms with Crippen LogP contribution in [0.15, 0.2) is 29.2 Å². The number of hydrogen-bond acceptors (Lipinski definition) is 3. The first-order chi connectivity index (χ1) is 9.56. The molecule has 1 N–H and O–H groups in total. The third-order valence-corrected chi connectivity index (χ3v) is 5.12. The van der Waals surface area contributed by atoms with Gasteiger partial charge in [0.25, 0.3) is 5.91 Å². The molecular formula is C15H18N2O2S. The second-order valence-electron chi connectivity index (χ2n) is 5.40. The molecule has 106 valence electrons. The van der Waals surface area contributed by atoms with Gasteiger partial charge in [0.2, 0.25) is 5.91 Å². The van der Waals surface area contributed by atoms with Crippen molar-refractivity contribution in [2.45, 2.75) is 42.4 Å². The Morgan fingerprint density at radius 2 is 2.15 bits per heavy atom. The predicted molar refractivity (Wildman–Crippen MR) is 79.9 cm³/mol. The summed E-state index contributed by atoms with van der Waals surface area (Å²) < 4.78 is -1.06. The maximum absolute atomic E-state index is 12.7. The number of benzene rings is 1. The molecule has 2 amide bonds. The minimum absolute atomic E-state index is 0.123. The summed E-state index contributed by atoms with van der Waals surface area (Å²) in [4.78, 5) is 27.9. The molecule has 1 aromatic rings. The number of carbonyl (C=O) groups excluding carboxylic acids is 2. The van der Waals surface area contributed by atoms with E-state index in [4.69, 9.17) is 0 Å². The Labute approximate surface area is 122 Å². The SMILES string of the molecule is CCN1C(=O)C(C)(C(=O)NC2CC2)Sc2ccccc21. The fourth-order valence-corrected chi connectivity index (χ4v) is 3.62. The van der Waals surface area contributed by atoms with Crippen molar-refractivity contribution in [3.05, 3.63) is 24.3 Å². The first kappa shape index (κ1) is 13.5. The predicted octanol–water partition coefficient (Wildman–Crippen LogP) is 2.18. The number of nitrogens with zero attached hydrogens (tertiary/aromatic N) is 1. The zero-order valence-electron chi connectivity index (χ0n) is 11.7. The van der Waals surface area contributed by atoms with Crippen molar-refractivity contribution < 1.29 is 9.59 Å². The average molecular weight is 290 g/mol. The molecule has 2 aliphatic rings. The number of hydrogen-bond donors (Lipinski definition) is 1. The lowest BCUT2D eigenvalue weighted by Gasteiger charge is -2.38. The quantitative estimate of drug-likeness (QED) is 0.868. The molecule has 4 nitrogen and oxygen atoms in total. The van der Waals surface area contributed by atoms with Crippen molar-refractivity contribution in [3.8, 4) is 0 Å². The number of fused-ring (bicyclic) bond motifs is 1. The van der Waals surface area contributed by atoms with Crippen LogP contribution in [0.25, 0.3) is 0 Å². The van der Waals surface area contributed by atoms with Crippen LogP contribution < -0.4 is 10.2 Å². The molecule has 0 spiro atoms. The van der Waals surface area contributed by atoms with Crippen LogP contribution in [-0.2, 0) is 9.59 Å². The molecule has 1 unspecified atom stereocenters. The van der Waals surface area contributed by atoms with Crippen LogP contribution in [0.3, 0.4) is 0 Å². The van der Waals surface area contributed by atoms with Crippen molar-refractivity contribution >= 4 is 29.3 Å². The highest BCUT2D eigenvalue weighted by Crippen LogP contribution is 2.45. The van der Waals surface area contributed by atoms with Gasteiger partial charge >= 0.3 is 0 Å². The second-order valence-corrected chi connectivity index (χ2v) is 6.86. The van der Waals surface area contributed by atoms with Crippen LogP contribution in [0.2, 0.25) is 0 Å². The van der Waals surface area contributed by atoms with Crippen LogP contribution in [0, 0.1) is 0 Å². The largest absolute Gasteiger partial charge is 0.352 e. The average Bonchev–Trinajstić information content (AvgIpc) is 3.24. The minimum Gasteiger partial charge on any atom is -0.352 e. The standard InChI is InChI=1S/C15H18N2O2S/c1-3-17-11-6-4-5-7-12(11)20-15(2,14(17)19)13(18)16-10-8-9-10/h4-7,10H,3,8-9H2,1-2H3,(H,16,18). The number of carbonyl (C=O) groups is 2. The van der Waals surface area contributed by atoms with Crippen LogP contribution in [-0.4, -0.2) is 29.1 Å². The molecule has 1 fully saturated rings. The summed E-state index contributed by atoms with van der Waals surface area (Å²) in [5.74, 6) is -0.287. The van der Waals surface area contributed by atoms with E-state index in [1.165, 1.54) is 11.8 Å². The van der Waals surface area contributed by atoms with Gasteiger partial charge in [-0.3, -0.25) is 9.59 Å². The molecule has 1 heterocycles. The van der Waals surface area contributed by atoms with Gasteiger partial charge in [0.05, 0.1) is 5.69 Å². The highest BCUT2D eigenvalue weighted by Gasteiger charge is 2.49. The van der Waals surface area contributed by atoms with Crippen LogP contribution in [0.1, 0.15) is 26.7 Å². The summed E-state index contributed by atoms with van der Waals surface area (Å²) in [6, 6.07) is 8.02. The molecule has 0 bridgehead atoms. The molecule has 1 aromatic carbocycles. The lowest BCUT2D eigenvalue weighted by Crippen LogP contribution is -2.56. The first-order valence-electron chi connectivity index (χ1n) is 6.97. The van der Waals surface area contributed by atoms with Crippen LogP contribution >= 0.6 is 11.8 Å². The Hall–Kier alpha value is -1.49. The van der Waals surface area contributed by atoms with Gasteiger partial charge in [-0.1, -0.05) is 23.9 Å². The Morgan fingerprint density at radius 3 is 2.80 bits per heavy atom. The maximum atomic E-state index is 12.7. The Morgan fingerprint density at radius 1 is 1.45 bits per heavy atom. The number of para-hydroxylation sites is 1. The summed E-state index contributed by atoms with van der Waals surface area (Å²) in [7, 11) is 0. The van der Waals surface area contributed by atoms with Crippen molar-refractivity contribution in [2.24, 2.45) is 0 Å². The molecule has 3 rings (SSSR count). The van der Waals surface area contributed by atoms with E-state index in [1.807, 2.05) is 31.2 Å². The van der Waals surface area contributed by atoms with Gasteiger partial charge in [-0.05, 0) is 38.8 Å². The monoisotopic (exact) mass is 290 g/mol. The lowest BCUT2D eigenvalue weighted by molar-refractivity contribution is -0.131. The Balaban J connectivity index is 1.97. The van der Waals surface area contributed by atoms with E-state index in [-0.39, 0.29) is 17.9 Å². The van der Waals surface area contributed by atoms with Crippen molar-refractivity contribution in [1.29, 1.82) is 0 Å². The molecule has 1 atom stereocenters. The van der Waals surface area contributed by atoms with Gasteiger partial charge in [0.1, 0.15) is 0 Å². The molecule has 1 saturated carbocycles. The normalized spacial score (nSPS) is 25.3. The third-order valence-electron chi connectivity index (χ3n) is 3.79. The number of rotatable bonds is 3. The molecule has 1 aliphatic heterocycles. The van der Waals surface area contributed by atoms with Crippen molar-refractivity contribution in [3.63, 3.8) is 0 Å². The smallest absolute Gasteiger partial charge is 0.252 e. The summed E-state index contributed by atoms with van der Waals surface area (Å²) in [6.45, 7) is 4.24. The van der Waals surface area contributed by atoms with Crippen molar-refractivity contribution in [1.82, 2.24) is 5.32 Å². The van der Waals surface area contributed by atoms with Crippen LogP contribution in [0.4, 0.5) is 5.69 Å². The fraction of sp³-hybridized carbons (Fsp3) is 0.467. The molecule has 0 aromatic heterocycles. The molecule has 5 heteroatoms. The fourth-order valence-electron chi connectivity index (χ4n) is 2.41. The lowest BCUT2D eigenvalue weighted by atomic mass is 10.1. The zero-order chi connectivity index (χ0) is 14.3. The highest BCUT2D eigenvalue weighted by atomic mass is 32.2. The number of thioether (sulfide) groups is 1. The Bertz CT molecular complexity index is 571. The van der Waals surface area contributed by atoms with Gasteiger partial charge in [-0.15, -0.1) is 0 Å². The molecular weight excluding hydrogens is 272 g/mol. The van der Waals surface area contributed by atoms with Gasteiger partial charge in [0.15, 0.2) is 4.75 Å². The van der Waals surface area contributed by atoms with E-state index < -0.39 is 4.75 Å². The summed E-state index contributed by atoms with van der Waals surface area (Å²) in [5.41, 5.74) is 0.904. The zero-order valence-corrected chi connectivity index (χ0v) is 12.5. The minimum atomic E-state index is -1.06. The van der Waals surface area contributed by atoms with Gasteiger partial charge < -0.3 is 10.2 Å². The number of amides is 2. The van der Waals surface area contributed by atoms with E-state index in [0.717, 1.165) is 23.4 Å². The van der Waals surface area contributed by atoms with Crippen LogP contribution in [0.5, 0.6) is 0 Å². The summed E-state index contributed by atoms with van der Waals surface area (Å²) in [6.07, 6.45) is 2.05. The highest BCUT2D eigenvalue weighted by molar-refractivity contribution is 8.02. The van der Waals surface area contributed by atoms with Gasteiger partial charge in [-0.2, -0.15) is 0 Å². The number of nitrogens with one attached hydrogen (secondary N) is 1. The maximum Gasteiger partial charge on any atom is 0.252 e. The Kier molecular flexibility index (Phi) is 3.24. The second kappa shape index (κ2) is 4.81. The van der Waals surface area contributed by atoms with Gasteiger partial charge in [-0.25, -0.2) is 0 Å². The molecule has 0 radical (unpaired) electrons. The summed E-state index contributed by atoms with van der Waals surface area (Å²) in [5, 5.41) is 2.96. The first-order valence-corrected chi connectivity index (χ1v) is 7.79. The number of anilines is 1. The van der Waals surface area contributed by atoms with E-state index in [2.05, 4.69) is 5.32 Å². The molecule has 20 heavy (non-hydrogen) atoms. The molecule has 0 saturated heterocycles. The van der Waals surface area contributed by atoms with E-state index in [9.17, 15) is 9.59 Å². The third kappa shape index (κ3) is 2.10. The van der Waals surface area contributed by atoms with Gasteiger partial charge in [0, 0.05) is 17.5 Å². The van der Waals surface area contributed by atoms with E-state index >= 15 is 0 Å². The summed E-state index contributed by atoms with van der Waals surface area (Å²) >= 11 is 1.36. The van der Waals surface area contributed by atoms with Crippen molar-refractivity contribution in [2.75, 3.05) is 11.4 Å². The van der Waals surface area contributed by atoms with E-state index in [1.54, 1.807) is 11.8 Å². The topological polar surface area (TPSA) is 49.4 Å². The van der Waals surface area contributed by atoms with E-state index in [0.29, 0.717) is 6.54 Å². The molecule has 1 aliphatic carbocycles.